The van der Waals surface area contributed by atoms with Crippen LogP contribution in [0.1, 0.15) is 17.3 Å². The molecular formula is C12H14N2O2. The molecule has 0 aromatic heterocycles. The number of amides is 2. The van der Waals surface area contributed by atoms with Gasteiger partial charge in [-0.3, -0.25) is 9.59 Å². The van der Waals surface area contributed by atoms with Crippen LogP contribution in [-0.2, 0) is 4.79 Å². The van der Waals surface area contributed by atoms with Gasteiger partial charge in [-0.2, -0.15) is 0 Å². The molecule has 0 saturated heterocycles. The Morgan fingerprint density at radius 1 is 1.31 bits per heavy atom. The van der Waals surface area contributed by atoms with Crippen molar-refractivity contribution >= 4 is 17.5 Å². The lowest BCUT2D eigenvalue weighted by Gasteiger charge is -2.04. The summed E-state index contributed by atoms with van der Waals surface area (Å²) in [7, 11) is 1.56. The first kappa shape index (κ1) is 12.0. The van der Waals surface area contributed by atoms with Crippen LogP contribution in [-0.4, -0.2) is 18.9 Å². The Balaban J connectivity index is 2.82. The van der Waals surface area contributed by atoms with Gasteiger partial charge in [-0.25, -0.2) is 0 Å². The van der Waals surface area contributed by atoms with Crippen LogP contribution in [0.3, 0.4) is 0 Å². The van der Waals surface area contributed by atoms with Crippen molar-refractivity contribution in [3.63, 3.8) is 0 Å². The molecule has 0 unspecified atom stereocenters. The summed E-state index contributed by atoms with van der Waals surface area (Å²) < 4.78 is 0. The van der Waals surface area contributed by atoms with Crippen LogP contribution in [0, 0.1) is 0 Å². The first-order valence-corrected chi connectivity index (χ1v) is 4.93. The number of benzene rings is 1. The van der Waals surface area contributed by atoms with Gasteiger partial charge >= 0.3 is 0 Å². The van der Waals surface area contributed by atoms with Crippen molar-refractivity contribution in [1.29, 1.82) is 0 Å². The van der Waals surface area contributed by atoms with Crippen molar-refractivity contribution in [2.45, 2.75) is 6.92 Å². The molecule has 1 rings (SSSR count). The van der Waals surface area contributed by atoms with Crippen LogP contribution in [0.4, 0.5) is 5.69 Å². The molecule has 4 heteroatoms. The molecule has 0 aliphatic rings. The Labute approximate surface area is 94.4 Å². The van der Waals surface area contributed by atoms with Crippen molar-refractivity contribution in [1.82, 2.24) is 5.32 Å². The minimum absolute atomic E-state index is 0.179. The van der Waals surface area contributed by atoms with E-state index in [0.29, 0.717) is 11.3 Å². The van der Waals surface area contributed by atoms with Gasteiger partial charge < -0.3 is 10.6 Å². The first-order chi connectivity index (χ1) is 7.67. The van der Waals surface area contributed by atoms with E-state index in [1.165, 1.54) is 6.08 Å². The van der Waals surface area contributed by atoms with Crippen LogP contribution in [0.5, 0.6) is 0 Å². The van der Waals surface area contributed by atoms with Gasteiger partial charge in [0.05, 0.1) is 0 Å². The fourth-order valence-electron chi connectivity index (χ4n) is 1.22. The monoisotopic (exact) mass is 218 g/mol. The zero-order valence-electron chi connectivity index (χ0n) is 9.28. The van der Waals surface area contributed by atoms with Gasteiger partial charge in [-0.15, -0.1) is 0 Å². The predicted octanol–water partition coefficient (Wildman–Crippen LogP) is 1.56. The van der Waals surface area contributed by atoms with E-state index < -0.39 is 0 Å². The Morgan fingerprint density at radius 2 is 2.06 bits per heavy atom. The summed E-state index contributed by atoms with van der Waals surface area (Å²) in [6.07, 6.45) is 3.07. The molecule has 2 amide bonds. The van der Waals surface area contributed by atoms with E-state index in [4.69, 9.17) is 0 Å². The van der Waals surface area contributed by atoms with Crippen molar-refractivity contribution in [3.8, 4) is 0 Å². The molecule has 0 atom stereocenters. The average molecular weight is 218 g/mol. The second-order valence-electron chi connectivity index (χ2n) is 3.15. The predicted molar refractivity (Wildman–Crippen MR) is 63.3 cm³/mol. The van der Waals surface area contributed by atoms with Crippen LogP contribution >= 0.6 is 0 Å². The smallest absolute Gasteiger partial charge is 0.251 e. The summed E-state index contributed by atoms with van der Waals surface area (Å²) in [5.74, 6) is -0.390. The highest BCUT2D eigenvalue weighted by molar-refractivity contribution is 6.01. The minimum atomic E-state index is -0.212. The largest absolute Gasteiger partial charge is 0.355 e. The molecule has 0 aliphatic heterocycles. The molecule has 16 heavy (non-hydrogen) atoms. The van der Waals surface area contributed by atoms with E-state index >= 15 is 0 Å². The molecular weight excluding hydrogens is 204 g/mol. The molecule has 0 bridgehead atoms. The van der Waals surface area contributed by atoms with Gasteiger partial charge in [-0.05, 0) is 31.2 Å². The molecule has 0 saturated carbocycles. The Hall–Kier alpha value is -2.10. The van der Waals surface area contributed by atoms with Crippen LogP contribution in [0.2, 0.25) is 0 Å². The average Bonchev–Trinajstić information content (AvgIpc) is 2.28. The number of allylic oxidation sites excluding steroid dienone is 1. The quantitative estimate of drug-likeness (QED) is 0.756. The lowest BCUT2D eigenvalue weighted by molar-refractivity contribution is -0.111. The van der Waals surface area contributed by atoms with Gasteiger partial charge in [-0.1, -0.05) is 12.1 Å². The summed E-state index contributed by atoms with van der Waals surface area (Å²) in [5.41, 5.74) is 1.12. The highest BCUT2D eigenvalue weighted by atomic mass is 16.2. The van der Waals surface area contributed by atoms with Crippen LogP contribution in [0.25, 0.3) is 0 Å². The summed E-state index contributed by atoms with van der Waals surface area (Å²) >= 11 is 0. The normalized spacial score (nSPS) is 10.1. The SMILES string of the molecule is CC=CC(=O)Nc1cccc(C(=O)NC)c1. The molecule has 0 radical (unpaired) electrons. The van der Waals surface area contributed by atoms with E-state index in [9.17, 15) is 9.59 Å². The molecule has 1 aromatic rings. The van der Waals surface area contributed by atoms with E-state index in [-0.39, 0.29) is 11.8 Å². The van der Waals surface area contributed by atoms with Crippen molar-refractivity contribution < 1.29 is 9.59 Å². The number of nitrogens with one attached hydrogen (secondary N) is 2. The number of hydrogen-bond acceptors (Lipinski definition) is 2. The number of anilines is 1. The molecule has 2 N–H and O–H groups in total. The number of hydrogen-bond donors (Lipinski definition) is 2. The summed E-state index contributed by atoms with van der Waals surface area (Å²) in [4.78, 5) is 22.6. The Kier molecular flexibility index (Phi) is 4.27. The molecule has 0 spiro atoms. The maximum absolute atomic E-state index is 11.3. The van der Waals surface area contributed by atoms with Gasteiger partial charge in [0.2, 0.25) is 5.91 Å². The summed E-state index contributed by atoms with van der Waals surface area (Å²) in [6, 6.07) is 6.76. The molecule has 0 aliphatic carbocycles. The lowest BCUT2D eigenvalue weighted by atomic mass is 10.2. The van der Waals surface area contributed by atoms with Gasteiger partial charge in [0.25, 0.3) is 5.91 Å². The van der Waals surface area contributed by atoms with E-state index in [1.54, 1.807) is 44.3 Å². The second-order valence-corrected chi connectivity index (χ2v) is 3.15. The van der Waals surface area contributed by atoms with E-state index in [0.717, 1.165) is 0 Å². The first-order valence-electron chi connectivity index (χ1n) is 4.93. The maximum Gasteiger partial charge on any atom is 0.251 e. The molecule has 0 heterocycles. The Bertz CT molecular complexity index is 425. The number of carbonyl (C=O) groups excluding carboxylic acids is 2. The van der Waals surface area contributed by atoms with Gasteiger partial charge in [0.1, 0.15) is 0 Å². The Morgan fingerprint density at radius 3 is 2.69 bits per heavy atom. The second kappa shape index (κ2) is 5.70. The summed E-state index contributed by atoms with van der Waals surface area (Å²) in [5, 5.41) is 5.18. The minimum Gasteiger partial charge on any atom is -0.355 e. The zero-order chi connectivity index (χ0) is 12.0. The number of rotatable bonds is 3. The van der Waals surface area contributed by atoms with Crippen molar-refractivity contribution in [2.24, 2.45) is 0 Å². The highest BCUT2D eigenvalue weighted by Gasteiger charge is 2.04. The third-order valence-corrected chi connectivity index (χ3v) is 1.94. The summed E-state index contributed by atoms with van der Waals surface area (Å²) in [6.45, 7) is 1.76. The fourth-order valence-corrected chi connectivity index (χ4v) is 1.22. The molecule has 1 aromatic carbocycles. The lowest BCUT2D eigenvalue weighted by Crippen LogP contribution is -2.18. The fraction of sp³-hybridized carbons (Fsp3) is 0.167. The standard InChI is InChI=1S/C12H14N2O2/c1-3-5-11(15)14-10-7-4-6-9(8-10)12(16)13-2/h3-8H,1-2H3,(H,13,16)(H,14,15). The van der Waals surface area contributed by atoms with Crippen molar-refractivity contribution in [3.05, 3.63) is 42.0 Å². The highest BCUT2D eigenvalue weighted by Crippen LogP contribution is 2.10. The topological polar surface area (TPSA) is 58.2 Å². The molecule has 4 nitrogen and oxygen atoms in total. The molecule has 84 valence electrons. The number of carbonyl (C=O) groups is 2. The van der Waals surface area contributed by atoms with Crippen molar-refractivity contribution in [2.75, 3.05) is 12.4 Å². The third-order valence-electron chi connectivity index (χ3n) is 1.94. The van der Waals surface area contributed by atoms with Crippen LogP contribution < -0.4 is 10.6 Å². The van der Waals surface area contributed by atoms with Gasteiger partial charge in [0.15, 0.2) is 0 Å². The third kappa shape index (κ3) is 3.24. The van der Waals surface area contributed by atoms with E-state index in [1.807, 2.05) is 0 Å². The van der Waals surface area contributed by atoms with E-state index in [2.05, 4.69) is 10.6 Å². The zero-order valence-corrected chi connectivity index (χ0v) is 9.28. The van der Waals surface area contributed by atoms with Gasteiger partial charge in [0, 0.05) is 18.3 Å². The maximum atomic E-state index is 11.3. The molecule has 0 fully saturated rings. The van der Waals surface area contributed by atoms with Crippen LogP contribution in [0.15, 0.2) is 36.4 Å².